The van der Waals surface area contributed by atoms with Gasteiger partial charge in [-0.25, -0.2) is 9.55 Å². The molecule has 0 aliphatic carbocycles. The van der Waals surface area contributed by atoms with Gasteiger partial charge in [0, 0.05) is 41.4 Å². The van der Waals surface area contributed by atoms with Crippen LogP contribution in [0.3, 0.4) is 0 Å². The van der Waals surface area contributed by atoms with Crippen LogP contribution in [0.4, 0.5) is 0 Å². The van der Waals surface area contributed by atoms with Crippen molar-refractivity contribution >= 4 is 43.7 Å². The third-order valence-corrected chi connectivity index (χ3v) is 6.02. The largest absolute Gasteiger partial charge is 0.455 e. The lowest BCUT2D eigenvalue weighted by molar-refractivity contribution is -0.660. The lowest BCUT2D eigenvalue weighted by Gasteiger charge is -2.07. The Morgan fingerprint density at radius 2 is 1.71 bits per heavy atom. The minimum Gasteiger partial charge on any atom is -0.455 e. The van der Waals surface area contributed by atoms with E-state index in [0.29, 0.717) is 16.9 Å². The summed E-state index contributed by atoms with van der Waals surface area (Å²) in [6, 6.07) is 19.5. The van der Waals surface area contributed by atoms with Crippen LogP contribution in [0.25, 0.3) is 55.0 Å². The van der Waals surface area contributed by atoms with E-state index < -0.39 is 13.7 Å². The molecule has 6 aromatic rings. The van der Waals surface area contributed by atoms with Crippen molar-refractivity contribution in [2.24, 2.45) is 7.05 Å². The van der Waals surface area contributed by atoms with Gasteiger partial charge in [-0.1, -0.05) is 30.3 Å². The van der Waals surface area contributed by atoms with Gasteiger partial charge in [-0.2, -0.15) is 0 Å². The molecule has 31 heavy (non-hydrogen) atoms. The average molecular weight is 410 g/mol. The third-order valence-electron chi connectivity index (χ3n) is 6.02. The first kappa shape index (κ1) is 12.9. The SMILES string of the molecule is [2H]C([2H])([2H])c1cc(-c2c(C)ccc3c2oc2cc4cc5ccccc5nc4cc23)[n+](C)cc1C([2H])([2H])[2H]. The standard InChI is InChI=1S/C28H23N2O/c1-16-9-10-21-22-14-24-20(12-19-7-5-6-8-23(19)29-24)13-26(22)31-28(21)27(16)25-11-17(2)18(3)15-30(25)4/h5-15H,1-4H3/q+1/i2D3,3D3. The summed E-state index contributed by atoms with van der Waals surface area (Å²) in [7, 11) is 1.72. The monoisotopic (exact) mass is 409 g/mol. The summed E-state index contributed by atoms with van der Waals surface area (Å²) in [6.45, 7) is -3.22. The molecule has 0 radical (unpaired) electrons. The van der Waals surface area contributed by atoms with Crippen molar-refractivity contribution < 1.29 is 17.2 Å². The molecule has 0 amide bonds. The molecule has 0 aliphatic heterocycles. The highest BCUT2D eigenvalue weighted by molar-refractivity contribution is 6.13. The van der Waals surface area contributed by atoms with E-state index in [9.17, 15) is 0 Å². The summed E-state index contributed by atoms with van der Waals surface area (Å²) < 4.78 is 55.8. The first-order chi connectivity index (χ1) is 17.4. The van der Waals surface area contributed by atoms with E-state index in [1.165, 1.54) is 12.3 Å². The number of aromatic nitrogens is 2. The van der Waals surface area contributed by atoms with E-state index in [0.717, 1.165) is 43.7 Å². The van der Waals surface area contributed by atoms with Gasteiger partial charge in [0.15, 0.2) is 6.20 Å². The smallest absolute Gasteiger partial charge is 0.216 e. The van der Waals surface area contributed by atoms with Crippen LogP contribution in [-0.4, -0.2) is 4.98 Å². The zero-order valence-corrected chi connectivity index (χ0v) is 17.2. The molecular formula is C28H23N2O+. The van der Waals surface area contributed by atoms with Gasteiger partial charge >= 0.3 is 0 Å². The first-order valence-electron chi connectivity index (χ1n) is 13.1. The van der Waals surface area contributed by atoms with Crippen molar-refractivity contribution in [3.8, 4) is 11.3 Å². The number of hydrogen-bond acceptors (Lipinski definition) is 2. The number of para-hydroxylation sites is 1. The maximum atomic E-state index is 8.02. The highest BCUT2D eigenvalue weighted by Gasteiger charge is 2.21. The van der Waals surface area contributed by atoms with E-state index in [1.807, 2.05) is 55.5 Å². The molecule has 3 heterocycles. The minimum absolute atomic E-state index is 0.183. The number of fused-ring (bicyclic) bond motifs is 5. The van der Waals surface area contributed by atoms with Gasteiger partial charge in [-0.3, -0.25) is 0 Å². The van der Waals surface area contributed by atoms with Crippen LogP contribution in [0.2, 0.25) is 0 Å². The van der Waals surface area contributed by atoms with Crippen molar-refractivity contribution in [3.63, 3.8) is 0 Å². The molecular weight excluding hydrogens is 380 g/mol. The van der Waals surface area contributed by atoms with Crippen LogP contribution in [-0.2, 0) is 7.05 Å². The van der Waals surface area contributed by atoms with Crippen molar-refractivity contribution in [2.45, 2.75) is 20.6 Å². The van der Waals surface area contributed by atoms with Crippen molar-refractivity contribution in [3.05, 3.63) is 83.6 Å². The fraction of sp³-hybridized carbons (Fsp3) is 0.143. The van der Waals surface area contributed by atoms with Crippen LogP contribution in [0.5, 0.6) is 0 Å². The molecule has 0 spiro atoms. The Kier molecular flexibility index (Phi) is 2.65. The number of benzene rings is 3. The predicted molar refractivity (Wildman–Crippen MR) is 127 cm³/mol. The second-order valence-electron chi connectivity index (χ2n) is 8.06. The average Bonchev–Trinajstić information content (AvgIpc) is 3.17. The van der Waals surface area contributed by atoms with Gasteiger partial charge in [0.2, 0.25) is 5.69 Å². The topological polar surface area (TPSA) is 29.9 Å². The Bertz CT molecular complexity index is 1880. The number of aryl methyl sites for hydroxylation is 4. The molecule has 0 aliphatic rings. The lowest BCUT2D eigenvalue weighted by Crippen LogP contribution is -2.31. The number of hydrogen-bond donors (Lipinski definition) is 0. The minimum atomic E-state index is -2.59. The second kappa shape index (κ2) is 6.39. The molecule has 150 valence electrons. The lowest BCUT2D eigenvalue weighted by atomic mass is 9.98. The molecule has 6 rings (SSSR count). The van der Waals surface area contributed by atoms with Gasteiger partial charge in [0.05, 0.1) is 16.6 Å². The van der Waals surface area contributed by atoms with Crippen LogP contribution in [0, 0.1) is 20.6 Å². The van der Waals surface area contributed by atoms with E-state index >= 15 is 0 Å². The molecule has 3 heteroatoms. The number of nitrogens with zero attached hydrogens (tertiary/aromatic N) is 2. The molecule has 3 nitrogen and oxygen atoms in total. The Labute approximate surface area is 189 Å². The van der Waals surface area contributed by atoms with Gasteiger partial charge in [-0.15, -0.1) is 0 Å². The molecule has 3 aromatic carbocycles. The Morgan fingerprint density at radius 3 is 2.58 bits per heavy atom. The first-order valence-corrected chi connectivity index (χ1v) is 10.1. The fourth-order valence-corrected chi connectivity index (χ4v) is 4.43. The normalized spacial score (nSPS) is 15.5. The maximum Gasteiger partial charge on any atom is 0.216 e. The second-order valence-corrected chi connectivity index (χ2v) is 8.06. The Balaban J connectivity index is 1.67. The van der Waals surface area contributed by atoms with Crippen molar-refractivity contribution in [2.75, 3.05) is 0 Å². The van der Waals surface area contributed by atoms with E-state index in [2.05, 4.69) is 6.07 Å². The number of rotatable bonds is 1. The van der Waals surface area contributed by atoms with Crippen molar-refractivity contribution in [1.82, 2.24) is 4.98 Å². The van der Waals surface area contributed by atoms with E-state index in [1.54, 1.807) is 11.6 Å². The number of pyridine rings is 2. The highest BCUT2D eigenvalue weighted by Crippen LogP contribution is 2.38. The Morgan fingerprint density at radius 1 is 0.839 bits per heavy atom. The third kappa shape index (κ3) is 2.66. The van der Waals surface area contributed by atoms with Gasteiger partial charge in [-0.05, 0) is 56.0 Å². The molecule has 0 bridgehead atoms. The Hall–Kier alpha value is -3.72. The van der Waals surface area contributed by atoms with Gasteiger partial charge in [0.25, 0.3) is 0 Å². The fourth-order valence-electron chi connectivity index (χ4n) is 4.43. The highest BCUT2D eigenvalue weighted by atomic mass is 16.3. The van der Waals surface area contributed by atoms with E-state index in [-0.39, 0.29) is 11.1 Å². The van der Waals surface area contributed by atoms with Crippen LogP contribution >= 0.6 is 0 Å². The summed E-state index contributed by atoms with van der Waals surface area (Å²) in [5.74, 6) is 0. The van der Waals surface area contributed by atoms with Crippen LogP contribution in [0.15, 0.2) is 71.3 Å². The zero-order chi connectivity index (χ0) is 26.3. The van der Waals surface area contributed by atoms with E-state index in [4.69, 9.17) is 17.6 Å². The molecule has 0 saturated heterocycles. The van der Waals surface area contributed by atoms with Crippen LogP contribution in [0.1, 0.15) is 24.9 Å². The number of furan rings is 1. The molecule has 0 N–H and O–H groups in total. The molecule has 0 saturated carbocycles. The summed E-state index contributed by atoms with van der Waals surface area (Å²) in [5.41, 5.74) is 4.88. The quantitative estimate of drug-likeness (QED) is 0.223. The van der Waals surface area contributed by atoms with Gasteiger partial charge in [0.1, 0.15) is 18.2 Å². The molecule has 0 unspecified atom stereocenters. The zero-order valence-electron chi connectivity index (χ0n) is 23.2. The maximum absolute atomic E-state index is 8.02. The molecule has 3 aromatic heterocycles. The summed E-state index contributed by atoms with van der Waals surface area (Å²) in [5, 5.41) is 3.79. The van der Waals surface area contributed by atoms with Crippen LogP contribution < -0.4 is 4.57 Å². The summed E-state index contributed by atoms with van der Waals surface area (Å²) in [6.07, 6.45) is 1.40. The van der Waals surface area contributed by atoms with Crippen molar-refractivity contribution in [1.29, 1.82) is 0 Å². The summed E-state index contributed by atoms with van der Waals surface area (Å²) in [4.78, 5) is 4.84. The van der Waals surface area contributed by atoms with Gasteiger partial charge < -0.3 is 4.42 Å². The molecule has 0 fully saturated rings. The summed E-state index contributed by atoms with van der Waals surface area (Å²) >= 11 is 0. The molecule has 0 atom stereocenters. The predicted octanol–water partition coefficient (Wildman–Crippen LogP) is 6.70.